The number of rotatable bonds is 6. The highest BCUT2D eigenvalue weighted by Crippen LogP contribution is 2.24. The summed E-state index contributed by atoms with van der Waals surface area (Å²) in [5.74, 6) is 0.238. The lowest BCUT2D eigenvalue weighted by atomic mass is 10.1. The Morgan fingerprint density at radius 1 is 1.25 bits per heavy atom. The van der Waals surface area contributed by atoms with Crippen LogP contribution < -0.4 is 9.47 Å². The third-order valence-corrected chi connectivity index (χ3v) is 4.00. The molecule has 1 atom stereocenters. The van der Waals surface area contributed by atoms with E-state index in [0.717, 1.165) is 12.1 Å². The molecule has 2 heterocycles. The summed E-state index contributed by atoms with van der Waals surface area (Å²) in [7, 11) is 1.52. The summed E-state index contributed by atoms with van der Waals surface area (Å²) in [4.78, 5) is 10.3. The molecule has 0 saturated carbocycles. The minimum atomic E-state index is -0.915. The number of ether oxygens (including phenoxy) is 2. The van der Waals surface area contributed by atoms with Gasteiger partial charge in [-0.2, -0.15) is 0 Å². The molecule has 1 N–H and O–H groups in total. The van der Waals surface area contributed by atoms with Crippen LogP contribution in [0.1, 0.15) is 12.0 Å². The van der Waals surface area contributed by atoms with Gasteiger partial charge in [0.25, 0.3) is 0 Å². The Balaban J connectivity index is 1.52. The fourth-order valence-electron chi connectivity index (χ4n) is 2.73. The number of benzene rings is 1. The number of halogens is 1. The van der Waals surface area contributed by atoms with E-state index in [0.29, 0.717) is 31.3 Å². The smallest absolute Gasteiger partial charge is 0.316 e. The average molecular weight is 333 g/mol. The standard InChI is InChI=1S/C17H20FN3O3/c1-23-16-19-8-13(9-20-16)10-21-7-6-17(22,11-21)12-24-15-4-2-14(18)3-5-15/h2-5,8-9,22H,6-7,10-12H2,1H3. The Hall–Kier alpha value is -2.25. The molecule has 128 valence electrons. The molecule has 1 fully saturated rings. The molecule has 0 radical (unpaired) electrons. The van der Waals surface area contributed by atoms with E-state index < -0.39 is 5.60 Å². The van der Waals surface area contributed by atoms with Crippen LogP contribution in [-0.4, -0.2) is 52.4 Å². The molecule has 1 saturated heterocycles. The minimum Gasteiger partial charge on any atom is -0.491 e. The van der Waals surface area contributed by atoms with Crippen LogP contribution in [0.4, 0.5) is 4.39 Å². The molecule has 1 aliphatic rings. The number of aliphatic hydroxyl groups is 1. The van der Waals surface area contributed by atoms with Gasteiger partial charge in [-0.3, -0.25) is 4.90 Å². The molecular formula is C17H20FN3O3. The molecule has 2 aromatic rings. The molecule has 3 rings (SSSR count). The Labute approximate surface area is 139 Å². The van der Waals surface area contributed by atoms with E-state index >= 15 is 0 Å². The Morgan fingerprint density at radius 2 is 1.96 bits per heavy atom. The molecule has 1 aromatic carbocycles. The molecule has 0 spiro atoms. The maximum Gasteiger partial charge on any atom is 0.316 e. The van der Waals surface area contributed by atoms with Crippen molar-refractivity contribution in [2.45, 2.75) is 18.6 Å². The molecular weight excluding hydrogens is 313 g/mol. The predicted octanol–water partition coefficient (Wildman–Crippen LogP) is 1.64. The van der Waals surface area contributed by atoms with Gasteiger partial charge in [0.1, 0.15) is 23.8 Å². The molecule has 0 aliphatic carbocycles. The van der Waals surface area contributed by atoms with Gasteiger partial charge < -0.3 is 14.6 Å². The van der Waals surface area contributed by atoms with Crippen molar-refractivity contribution in [1.82, 2.24) is 14.9 Å². The van der Waals surface area contributed by atoms with Gasteiger partial charge in [0.05, 0.1) is 7.11 Å². The van der Waals surface area contributed by atoms with Crippen LogP contribution in [0, 0.1) is 5.82 Å². The largest absolute Gasteiger partial charge is 0.491 e. The Kier molecular flexibility index (Phi) is 4.92. The molecule has 7 heteroatoms. The van der Waals surface area contributed by atoms with E-state index in [1.807, 2.05) is 0 Å². The zero-order valence-corrected chi connectivity index (χ0v) is 13.5. The summed E-state index contributed by atoms with van der Waals surface area (Å²) in [6.07, 6.45) is 4.06. The Morgan fingerprint density at radius 3 is 2.62 bits per heavy atom. The lowest BCUT2D eigenvalue weighted by molar-refractivity contribution is 0.00335. The highest BCUT2D eigenvalue weighted by Gasteiger charge is 2.36. The number of hydrogen-bond acceptors (Lipinski definition) is 6. The maximum atomic E-state index is 12.9. The van der Waals surface area contributed by atoms with Crippen molar-refractivity contribution in [1.29, 1.82) is 0 Å². The summed E-state index contributed by atoms with van der Waals surface area (Å²) in [6, 6.07) is 6.12. The van der Waals surface area contributed by atoms with E-state index in [-0.39, 0.29) is 12.4 Å². The third kappa shape index (κ3) is 4.18. The van der Waals surface area contributed by atoms with Crippen molar-refractivity contribution in [2.24, 2.45) is 0 Å². The number of nitrogens with zero attached hydrogens (tertiary/aromatic N) is 3. The summed E-state index contributed by atoms with van der Waals surface area (Å²) >= 11 is 0. The molecule has 0 amide bonds. The van der Waals surface area contributed by atoms with Gasteiger partial charge in [-0.05, 0) is 30.7 Å². The Bertz CT molecular complexity index is 666. The van der Waals surface area contributed by atoms with Crippen molar-refractivity contribution < 1.29 is 19.0 Å². The van der Waals surface area contributed by atoms with E-state index in [4.69, 9.17) is 9.47 Å². The molecule has 1 unspecified atom stereocenters. The SMILES string of the molecule is COc1ncc(CN2CCC(O)(COc3ccc(F)cc3)C2)cn1. The lowest BCUT2D eigenvalue weighted by Crippen LogP contribution is -2.39. The molecule has 0 bridgehead atoms. The summed E-state index contributed by atoms with van der Waals surface area (Å²) in [5, 5.41) is 10.6. The van der Waals surface area contributed by atoms with Crippen LogP contribution in [0.15, 0.2) is 36.7 Å². The number of hydrogen-bond donors (Lipinski definition) is 1. The zero-order valence-electron chi connectivity index (χ0n) is 13.5. The van der Waals surface area contributed by atoms with E-state index in [2.05, 4.69) is 14.9 Å². The van der Waals surface area contributed by atoms with Crippen LogP contribution in [0.5, 0.6) is 11.8 Å². The summed E-state index contributed by atoms with van der Waals surface area (Å²) in [6.45, 7) is 2.09. The van der Waals surface area contributed by atoms with Gasteiger partial charge in [0.15, 0.2) is 0 Å². The van der Waals surface area contributed by atoms with Gasteiger partial charge >= 0.3 is 6.01 Å². The normalized spacial score (nSPS) is 21.0. The number of aromatic nitrogens is 2. The number of β-amino-alcohol motifs (C(OH)–C–C–N with tert-alkyl or cyclic N) is 1. The highest BCUT2D eigenvalue weighted by molar-refractivity contribution is 5.22. The summed E-state index contributed by atoms with van der Waals surface area (Å²) in [5.41, 5.74) is 0.0429. The maximum absolute atomic E-state index is 12.9. The van der Waals surface area contributed by atoms with Gasteiger partial charge in [0.2, 0.25) is 0 Å². The molecule has 1 aromatic heterocycles. The third-order valence-electron chi connectivity index (χ3n) is 4.00. The number of methoxy groups -OCH3 is 1. The molecule has 6 nitrogen and oxygen atoms in total. The van der Waals surface area contributed by atoms with Crippen LogP contribution in [0.25, 0.3) is 0 Å². The highest BCUT2D eigenvalue weighted by atomic mass is 19.1. The van der Waals surface area contributed by atoms with Crippen LogP contribution >= 0.6 is 0 Å². The van der Waals surface area contributed by atoms with E-state index in [9.17, 15) is 9.50 Å². The van der Waals surface area contributed by atoms with Crippen molar-refractivity contribution >= 4 is 0 Å². The van der Waals surface area contributed by atoms with Crippen LogP contribution in [-0.2, 0) is 6.54 Å². The number of likely N-dealkylation sites (tertiary alicyclic amines) is 1. The average Bonchev–Trinajstić information content (AvgIpc) is 2.96. The van der Waals surface area contributed by atoms with Gasteiger partial charge in [-0.25, -0.2) is 14.4 Å². The van der Waals surface area contributed by atoms with Gasteiger partial charge in [-0.15, -0.1) is 0 Å². The fraction of sp³-hybridized carbons (Fsp3) is 0.412. The first-order valence-electron chi connectivity index (χ1n) is 7.74. The van der Waals surface area contributed by atoms with Gasteiger partial charge in [0, 0.05) is 37.6 Å². The van der Waals surface area contributed by atoms with Crippen molar-refractivity contribution in [3.05, 3.63) is 48.0 Å². The monoisotopic (exact) mass is 333 g/mol. The first-order chi connectivity index (χ1) is 11.6. The quantitative estimate of drug-likeness (QED) is 0.867. The second-order valence-corrected chi connectivity index (χ2v) is 6.01. The predicted molar refractivity (Wildman–Crippen MR) is 85.3 cm³/mol. The zero-order chi connectivity index (χ0) is 17.0. The summed E-state index contributed by atoms with van der Waals surface area (Å²) < 4.78 is 23.4. The van der Waals surface area contributed by atoms with Crippen molar-refractivity contribution in [3.63, 3.8) is 0 Å². The van der Waals surface area contributed by atoms with Crippen molar-refractivity contribution in [3.8, 4) is 11.8 Å². The fourth-order valence-corrected chi connectivity index (χ4v) is 2.73. The van der Waals surface area contributed by atoms with Crippen LogP contribution in [0.3, 0.4) is 0 Å². The second kappa shape index (κ2) is 7.11. The lowest BCUT2D eigenvalue weighted by Gasteiger charge is -2.23. The topological polar surface area (TPSA) is 67.7 Å². The molecule has 1 aliphatic heterocycles. The minimum absolute atomic E-state index is 0.175. The van der Waals surface area contributed by atoms with Crippen molar-refractivity contribution in [2.75, 3.05) is 26.8 Å². The first-order valence-corrected chi connectivity index (χ1v) is 7.74. The van der Waals surface area contributed by atoms with E-state index in [1.54, 1.807) is 24.5 Å². The first kappa shape index (κ1) is 16.6. The van der Waals surface area contributed by atoms with Gasteiger partial charge in [-0.1, -0.05) is 0 Å². The van der Waals surface area contributed by atoms with Crippen LogP contribution in [0.2, 0.25) is 0 Å². The van der Waals surface area contributed by atoms with E-state index in [1.165, 1.54) is 19.2 Å². The molecule has 24 heavy (non-hydrogen) atoms. The second-order valence-electron chi connectivity index (χ2n) is 6.01.